The van der Waals surface area contributed by atoms with E-state index < -0.39 is 0 Å². The Morgan fingerprint density at radius 1 is 1.04 bits per heavy atom. The van der Waals surface area contributed by atoms with E-state index in [0.29, 0.717) is 12.5 Å². The van der Waals surface area contributed by atoms with Crippen LogP contribution < -0.4 is 10.6 Å². The van der Waals surface area contributed by atoms with Crippen molar-refractivity contribution < 1.29 is 4.79 Å². The van der Waals surface area contributed by atoms with E-state index in [9.17, 15) is 10.1 Å². The standard InChI is InChI=1S/C21H23N3O/c1-16(2)14-24-21(25)19(13-22)15-23-20(17-9-5-3-6-10-17)18-11-7-4-8-12-18/h3-12,15-16,20,23H,14H2,1-2H3,(H,24,25)/b19-15-. The number of amides is 1. The SMILES string of the molecule is CC(C)CNC(=O)/C(C#N)=C\NC(c1ccccc1)c1ccccc1. The van der Waals surface area contributed by atoms with Gasteiger partial charge in [-0.2, -0.15) is 5.26 Å². The second-order valence-corrected chi connectivity index (χ2v) is 6.19. The van der Waals surface area contributed by atoms with Crippen LogP contribution in [0.4, 0.5) is 0 Å². The first kappa shape index (κ1) is 18.3. The average molecular weight is 333 g/mol. The Labute approximate surface area is 149 Å². The van der Waals surface area contributed by atoms with Crippen LogP contribution in [0.1, 0.15) is 31.0 Å². The maximum absolute atomic E-state index is 12.1. The number of nitrogens with one attached hydrogen (secondary N) is 2. The van der Waals surface area contributed by atoms with Gasteiger partial charge in [0.2, 0.25) is 0 Å². The van der Waals surface area contributed by atoms with Crippen LogP contribution in [0.3, 0.4) is 0 Å². The molecule has 4 nitrogen and oxygen atoms in total. The third kappa shape index (κ3) is 5.50. The molecule has 0 aliphatic carbocycles. The van der Waals surface area contributed by atoms with Crippen molar-refractivity contribution in [1.29, 1.82) is 5.26 Å². The lowest BCUT2D eigenvalue weighted by Crippen LogP contribution is -2.29. The number of nitriles is 1. The van der Waals surface area contributed by atoms with Crippen LogP contribution in [-0.4, -0.2) is 12.5 Å². The first-order chi connectivity index (χ1) is 12.1. The Morgan fingerprint density at radius 3 is 2.00 bits per heavy atom. The quantitative estimate of drug-likeness (QED) is 0.601. The highest BCUT2D eigenvalue weighted by Crippen LogP contribution is 2.21. The van der Waals surface area contributed by atoms with Crippen molar-refractivity contribution in [2.45, 2.75) is 19.9 Å². The maximum Gasteiger partial charge on any atom is 0.263 e. The predicted molar refractivity (Wildman–Crippen MR) is 99.4 cm³/mol. The Hall–Kier alpha value is -3.06. The molecule has 0 saturated heterocycles. The van der Waals surface area contributed by atoms with Crippen LogP contribution >= 0.6 is 0 Å². The van der Waals surface area contributed by atoms with Gasteiger partial charge in [0.15, 0.2) is 0 Å². The zero-order valence-corrected chi connectivity index (χ0v) is 14.6. The topological polar surface area (TPSA) is 64.9 Å². The molecule has 0 saturated carbocycles. The largest absolute Gasteiger partial charge is 0.379 e. The van der Waals surface area contributed by atoms with Crippen molar-refractivity contribution in [3.63, 3.8) is 0 Å². The zero-order chi connectivity index (χ0) is 18.1. The van der Waals surface area contributed by atoms with E-state index in [2.05, 4.69) is 10.6 Å². The van der Waals surface area contributed by atoms with Gasteiger partial charge in [-0.3, -0.25) is 4.79 Å². The van der Waals surface area contributed by atoms with Crippen LogP contribution in [0.5, 0.6) is 0 Å². The lowest BCUT2D eigenvalue weighted by Gasteiger charge is -2.19. The highest BCUT2D eigenvalue weighted by atomic mass is 16.1. The molecule has 0 fully saturated rings. The molecule has 2 rings (SSSR count). The Bertz CT molecular complexity index is 706. The van der Waals surface area contributed by atoms with Crippen molar-refractivity contribution >= 4 is 5.91 Å². The van der Waals surface area contributed by atoms with Gasteiger partial charge in [0.1, 0.15) is 11.6 Å². The van der Waals surface area contributed by atoms with Crippen molar-refractivity contribution in [2.24, 2.45) is 5.92 Å². The summed E-state index contributed by atoms with van der Waals surface area (Å²) in [5.74, 6) is -0.0261. The van der Waals surface area contributed by atoms with Gasteiger partial charge >= 0.3 is 0 Å². The lowest BCUT2D eigenvalue weighted by atomic mass is 9.99. The molecule has 0 atom stereocenters. The number of nitrogens with zero attached hydrogens (tertiary/aromatic N) is 1. The Balaban J connectivity index is 2.22. The number of rotatable bonds is 7. The van der Waals surface area contributed by atoms with Crippen molar-refractivity contribution in [1.82, 2.24) is 10.6 Å². The normalized spacial score (nSPS) is 11.2. The Morgan fingerprint density at radius 2 is 1.56 bits per heavy atom. The number of hydrogen-bond acceptors (Lipinski definition) is 3. The highest BCUT2D eigenvalue weighted by Gasteiger charge is 2.14. The number of carbonyl (C=O) groups is 1. The van der Waals surface area contributed by atoms with E-state index in [1.807, 2.05) is 80.6 Å². The number of carbonyl (C=O) groups excluding carboxylic acids is 1. The van der Waals surface area contributed by atoms with Crippen molar-refractivity contribution in [3.8, 4) is 6.07 Å². The summed E-state index contributed by atoms with van der Waals surface area (Å²) in [6.07, 6.45) is 1.50. The summed E-state index contributed by atoms with van der Waals surface area (Å²) in [5.41, 5.74) is 2.19. The van der Waals surface area contributed by atoms with Crippen LogP contribution in [-0.2, 0) is 4.79 Å². The van der Waals surface area contributed by atoms with Gasteiger partial charge < -0.3 is 10.6 Å². The third-order valence-electron chi connectivity index (χ3n) is 3.70. The smallest absolute Gasteiger partial charge is 0.263 e. The molecule has 128 valence electrons. The minimum Gasteiger partial charge on any atom is -0.379 e. The molecule has 0 bridgehead atoms. The summed E-state index contributed by atoms with van der Waals surface area (Å²) >= 11 is 0. The molecule has 0 unspecified atom stereocenters. The summed E-state index contributed by atoms with van der Waals surface area (Å²) in [6.45, 7) is 4.56. The molecule has 0 radical (unpaired) electrons. The lowest BCUT2D eigenvalue weighted by molar-refractivity contribution is -0.117. The van der Waals surface area contributed by atoms with E-state index in [4.69, 9.17) is 0 Å². The van der Waals surface area contributed by atoms with Crippen LogP contribution in [0.2, 0.25) is 0 Å². The highest BCUT2D eigenvalue weighted by molar-refractivity contribution is 5.97. The molecular weight excluding hydrogens is 310 g/mol. The van der Waals surface area contributed by atoms with Gasteiger partial charge in [-0.05, 0) is 17.0 Å². The van der Waals surface area contributed by atoms with Gasteiger partial charge in [-0.1, -0.05) is 74.5 Å². The minimum absolute atomic E-state index is 0.0671. The van der Waals surface area contributed by atoms with Gasteiger partial charge in [0.05, 0.1) is 6.04 Å². The summed E-state index contributed by atoms with van der Waals surface area (Å²) in [7, 11) is 0. The molecule has 2 N–H and O–H groups in total. The monoisotopic (exact) mass is 333 g/mol. The van der Waals surface area contributed by atoms with Crippen LogP contribution in [0, 0.1) is 17.2 Å². The van der Waals surface area contributed by atoms with Crippen molar-refractivity contribution in [2.75, 3.05) is 6.54 Å². The van der Waals surface area contributed by atoms with Crippen molar-refractivity contribution in [3.05, 3.63) is 83.6 Å². The molecule has 1 amide bonds. The zero-order valence-electron chi connectivity index (χ0n) is 14.6. The second kappa shape index (κ2) is 9.29. The van der Waals surface area contributed by atoms with E-state index in [1.165, 1.54) is 6.20 Å². The molecule has 25 heavy (non-hydrogen) atoms. The maximum atomic E-state index is 12.1. The summed E-state index contributed by atoms with van der Waals surface area (Å²) in [4.78, 5) is 12.1. The molecule has 0 spiro atoms. The molecule has 2 aromatic carbocycles. The number of benzene rings is 2. The second-order valence-electron chi connectivity index (χ2n) is 6.19. The van der Waals surface area contributed by atoms with E-state index in [-0.39, 0.29) is 17.5 Å². The minimum atomic E-state index is -0.358. The van der Waals surface area contributed by atoms with E-state index >= 15 is 0 Å². The molecular formula is C21H23N3O. The van der Waals surface area contributed by atoms with Gasteiger partial charge in [0.25, 0.3) is 5.91 Å². The van der Waals surface area contributed by atoms with E-state index in [0.717, 1.165) is 11.1 Å². The fourth-order valence-electron chi connectivity index (χ4n) is 2.38. The van der Waals surface area contributed by atoms with Crippen LogP contribution in [0.25, 0.3) is 0 Å². The number of hydrogen-bond donors (Lipinski definition) is 2. The fraction of sp³-hybridized carbons (Fsp3) is 0.238. The predicted octanol–water partition coefficient (Wildman–Crippen LogP) is 3.55. The molecule has 0 aromatic heterocycles. The average Bonchev–Trinajstić information content (AvgIpc) is 2.65. The summed E-state index contributed by atoms with van der Waals surface area (Å²) < 4.78 is 0. The summed E-state index contributed by atoms with van der Waals surface area (Å²) in [6, 6.07) is 21.7. The van der Waals surface area contributed by atoms with E-state index in [1.54, 1.807) is 0 Å². The third-order valence-corrected chi connectivity index (χ3v) is 3.70. The first-order valence-electron chi connectivity index (χ1n) is 8.36. The van der Waals surface area contributed by atoms with Crippen LogP contribution in [0.15, 0.2) is 72.4 Å². The van der Waals surface area contributed by atoms with Gasteiger partial charge in [-0.25, -0.2) is 0 Å². The summed E-state index contributed by atoms with van der Waals surface area (Å²) in [5, 5.41) is 15.3. The molecule has 4 heteroatoms. The van der Waals surface area contributed by atoms with Gasteiger partial charge in [-0.15, -0.1) is 0 Å². The Kier molecular flexibility index (Phi) is 6.79. The fourth-order valence-corrected chi connectivity index (χ4v) is 2.38. The molecule has 0 heterocycles. The molecule has 0 aliphatic heterocycles. The first-order valence-corrected chi connectivity index (χ1v) is 8.36. The van der Waals surface area contributed by atoms with Gasteiger partial charge in [0, 0.05) is 12.7 Å². The molecule has 2 aromatic rings. The molecule has 0 aliphatic rings.